The third-order valence-electron chi connectivity index (χ3n) is 5.17. The molecule has 0 atom stereocenters. The number of aryl methyl sites for hydroxylation is 2. The van der Waals surface area contributed by atoms with Gasteiger partial charge in [-0.25, -0.2) is 14.8 Å². The molecule has 0 fully saturated rings. The van der Waals surface area contributed by atoms with Crippen LogP contribution in [0, 0.1) is 6.92 Å². The molecule has 2 heterocycles. The second-order valence-electron chi connectivity index (χ2n) is 7.56. The number of hydrogen-bond donors (Lipinski definition) is 0. The van der Waals surface area contributed by atoms with Crippen LogP contribution in [0.5, 0.6) is 0 Å². The highest BCUT2D eigenvalue weighted by Gasteiger charge is 2.16. The molecule has 0 saturated heterocycles. The molecule has 0 aliphatic heterocycles. The van der Waals surface area contributed by atoms with E-state index in [2.05, 4.69) is 56.1 Å². The average molecular weight is 372 g/mol. The molecule has 0 aliphatic rings. The van der Waals surface area contributed by atoms with Gasteiger partial charge in [0.2, 0.25) is 0 Å². The summed E-state index contributed by atoms with van der Waals surface area (Å²) < 4.78 is 3.34. The van der Waals surface area contributed by atoms with Crippen LogP contribution in [0.25, 0.3) is 22.6 Å². The summed E-state index contributed by atoms with van der Waals surface area (Å²) in [6.07, 6.45) is 1.75. The Bertz CT molecular complexity index is 1200. The van der Waals surface area contributed by atoms with E-state index in [0.29, 0.717) is 23.9 Å². The van der Waals surface area contributed by atoms with Crippen molar-refractivity contribution in [1.29, 1.82) is 0 Å². The van der Waals surface area contributed by atoms with Crippen LogP contribution in [-0.2, 0) is 13.6 Å². The largest absolute Gasteiger partial charge is 0.330 e. The molecule has 0 saturated carbocycles. The molecule has 28 heavy (non-hydrogen) atoms. The number of benzene rings is 2. The van der Waals surface area contributed by atoms with Crippen molar-refractivity contribution in [2.75, 3.05) is 0 Å². The Morgan fingerprint density at radius 1 is 1.04 bits per heavy atom. The van der Waals surface area contributed by atoms with Gasteiger partial charge in [-0.1, -0.05) is 67.9 Å². The maximum atomic E-state index is 12.8. The zero-order valence-electron chi connectivity index (χ0n) is 16.7. The van der Waals surface area contributed by atoms with E-state index in [4.69, 9.17) is 4.98 Å². The van der Waals surface area contributed by atoms with E-state index in [9.17, 15) is 4.79 Å². The molecule has 5 heteroatoms. The number of hydrogen-bond acceptors (Lipinski definition) is 3. The van der Waals surface area contributed by atoms with Gasteiger partial charge in [-0.2, -0.15) is 0 Å². The van der Waals surface area contributed by atoms with Gasteiger partial charge in [0.25, 0.3) is 0 Å². The first kappa shape index (κ1) is 18.2. The lowest BCUT2D eigenvalue weighted by Gasteiger charge is -2.11. The monoisotopic (exact) mass is 372 g/mol. The fourth-order valence-electron chi connectivity index (χ4n) is 3.53. The van der Waals surface area contributed by atoms with Gasteiger partial charge in [0, 0.05) is 12.6 Å². The Morgan fingerprint density at radius 2 is 1.75 bits per heavy atom. The van der Waals surface area contributed by atoms with E-state index in [1.54, 1.807) is 22.4 Å². The Hall–Kier alpha value is -3.21. The summed E-state index contributed by atoms with van der Waals surface area (Å²) in [6.45, 7) is 6.86. The molecule has 0 radical (unpaired) electrons. The average Bonchev–Trinajstić information content (AvgIpc) is 2.94. The Labute approximate surface area is 164 Å². The van der Waals surface area contributed by atoms with Gasteiger partial charge >= 0.3 is 5.69 Å². The summed E-state index contributed by atoms with van der Waals surface area (Å²) in [6, 6.07) is 16.4. The molecule has 4 aromatic rings. The van der Waals surface area contributed by atoms with Crippen LogP contribution >= 0.6 is 0 Å². The number of fused-ring (bicyclic) bond motifs is 1. The number of rotatable bonds is 4. The van der Waals surface area contributed by atoms with Crippen molar-refractivity contribution < 1.29 is 0 Å². The van der Waals surface area contributed by atoms with Crippen LogP contribution in [0.3, 0.4) is 0 Å². The van der Waals surface area contributed by atoms with Crippen molar-refractivity contribution in [3.63, 3.8) is 0 Å². The third-order valence-corrected chi connectivity index (χ3v) is 5.17. The summed E-state index contributed by atoms with van der Waals surface area (Å²) in [7, 11) is 1.77. The van der Waals surface area contributed by atoms with Gasteiger partial charge in [0.15, 0.2) is 11.5 Å². The van der Waals surface area contributed by atoms with Crippen LogP contribution in [0.4, 0.5) is 0 Å². The van der Waals surface area contributed by atoms with Crippen molar-refractivity contribution in [2.24, 2.45) is 7.05 Å². The van der Waals surface area contributed by atoms with E-state index < -0.39 is 0 Å². The van der Waals surface area contributed by atoms with Crippen molar-refractivity contribution in [1.82, 2.24) is 19.1 Å². The molecule has 5 nitrogen and oxygen atoms in total. The first-order valence-corrected chi connectivity index (χ1v) is 9.53. The van der Waals surface area contributed by atoms with Crippen LogP contribution in [0.1, 0.15) is 36.5 Å². The lowest BCUT2D eigenvalue weighted by atomic mass is 9.97. The lowest BCUT2D eigenvalue weighted by molar-refractivity contribution is 0.731. The summed E-state index contributed by atoms with van der Waals surface area (Å²) in [5, 5.41) is 0. The van der Waals surface area contributed by atoms with Crippen molar-refractivity contribution in [3.8, 4) is 11.4 Å². The highest BCUT2D eigenvalue weighted by Crippen LogP contribution is 2.27. The molecule has 2 aromatic heterocycles. The number of aromatic nitrogens is 4. The predicted molar refractivity (Wildman–Crippen MR) is 113 cm³/mol. The lowest BCUT2D eigenvalue weighted by Crippen LogP contribution is -2.22. The molecule has 0 N–H and O–H groups in total. The quantitative estimate of drug-likeness (QED) is 0.537. The van der Waals surface area contributed by atoms with Gasteiger partial charge in [-0.05, 0) is 24.0 Å². The predicted octanol–water partition coefficient (Wildman–Crippen LogP) is 4.28. The molecular weight excluding hydrogens is 348 g/mol. The van der Waals surface area contributed by atoms with Crippen molar-refractivity contribution in [3.05, 3.63) is 81.9 Å². The molecule has 142 valence electrons. The zero-order valence-corrected chi connectivity index (χ0v) is 16.7. The van der Waals surface area contributed by atoms with E-state index in [1.807, 2.05) is 18.2 Å². The molecule has 2 aromatic carbocycles. The minimum atomic E-state index is -0.0841. The fraction of sp³-hybridized carbons (Fsp3) is 0.261. The minimum Gasteiger partial charge on any atom is -0.292 e. The number of imidazole rings is 1. The van der Waals surface area contributed by atoms with Gasteiger partial charge < -0.3 is 0 Å². The first-order chi connectivity index (χ1) is 13.5. The third kappa shape index (κ3) is 3.13. The van der Waals surface area contributed by atoms with Gasteiger partial charge in [0.05, 0.1) is 12.7 Å². The Balaban J connectivity index is 1.88. The van der Waals surface area contributed by atoms with Crippen LogP contribution in [0.15, 0.2) is 59.5 Å². The highest BCUT2D eigenvalue weighted by molar-refractivity contribution is 5.74. The van der Waals surface area contributed by atoms with E-state index in [1.165, 1.54) is 11.1 Å². The Kier molecular flexibility index (Phi) is 4.59. The standard InChI is InChI=1S/C23H24N4O/c1-15(2)18-7-5-6-8-19(18)21-24-13-20-22(25-21)27(23(28)26(20)4)14-17-11-9-16(3)10-12-17/h5-13,15H,14H2,1-4H3. The molecule has 0 spiro atoms. The van der Waals surface area contributed by atoms with Gasteiger partial charge in [-0.3, -0.25) is 9.13 Å². The molecule has 0 amide bonds. The highest BCUT2D eigenvalue weighted by atomic mass is 16.1. The molecule has 0 bridgehead atoms. The maximum absolute atomic E-state index is 12.8. The molecule has 4 rings (SSSR count). The van der Waals surface area contributed by atoms with Crippen LogP contribution in [0.2, 0.25) is 0 Å². The van der Waals surface area contributed by atoms with E-state index in [-0.39, 0.29) is 5.69 Å². The zero-order chi connectivity index (χ0) is 19.8. The smallest absolute Gasteiger partial charge is 0.292 e. The van der Waals surface area contributed by atoms with Crippen molar-refractivity contribution in [2.45, 2.75) is 33.2 Å². The molecule has 0 aliphatic carbocycles. The van der Waals surface area contributed by atoms with Gasteiger partial charge in [0.1, 0.15) is 5.52 Å². The van der Waals surface area contributed by atoms with Crippen LogP contribution in [-0.4, -0.2) is 19.1 Å². The second-order valence-corrected chi connectivity index (χ2v) is 7.56. The summed E-state index contributed by atoms with van der Waals surface area (Å²) in [4.78, 5) is 22.2. The normalized spacial score (nSPS) is 11.5. The van der Waals surface area contributed by atoms with E-state index in [0.717, 1.165) is 16.6 Å². The van der Waals surface area contributed by atoms with Crippen molar-refractivity contribution >= 4 is 11.2 Å². The Morgan fingerprint density at radius 3 is 2.46 bits per heavy atom. The minimum absolute atomic E-state index is 0.0841. The second kappa shape index (κ2) is 7.08. The summed E-state index contributed by atoms with van der Waals surface area (Å²) in [5.74, 6) is 1.01. The number of nitrogens with zero attached hydrogens (tertiary/aromatic N) is 4. The topological polar surface area (TPSA) is 52.7 Å². The summed E-state index contributed by atoms with van der Waals surface area (Å²) >= 11 is 0. The summed E-state index contributed by atoms with van der Waals surface area (Å²) in [5.41, 5.74) is 5.80. The first-order valence-electron chi connectivity index (χ1n) is 9.53. The SMILES string of the molecule is Cc1ccc(Cn2c(=O)n(C)c3cnc(-c4ccccc4C(C)C)nc32)cc1. The fourth-order valence-corrected chi connectivity index (χ4v) is 3.53. The molecular formula is C23H24N4O. The van der Waals surface area contributed by atoms with E-state index >= 15 is 0 Å². The maximum Gasteiger partial charge on any atom is 0.330 e. The molecule has 0 unspecified atom stereocenters. The van der Waals surface area contributed by atoms with Gasteiger partial charge in [-0.15, -0.1) is 0 Å². The van der Waals surface area contributed by atoms with Crippen LogP contribution < -0.4 is 5.69 Å².